The van der Waals surface area contributed by atoms with E-state index in [9.17, 15) is 45.6 Å². The van der Waals surface area contributed by atoms with Gasteiger partial charge in [-0.05, 0) is 24.1 Å². The molecular weight excluding hydrogens is 538 g/mol. The molecular formula is C25H43NO12S. The van der Waals surface area contributed by atoms with Crippen LogP contribution in [0.25, 0.3) is 0 Å². The van der Waals surface area contributed by atoms with Gasteiger partial charge in [-0.2, -0.15) is 0 Å². The van der Waals surface area contributed by atoms with Crippen molar-refractivity contribution in [2.24, 2.45) is 0 Å². The molecule has 0 fully saturated rings. The molecule has 0 bridgehead atoms. The number of hydrogen-bond acceptors (Lipinski definition) is 14. The number of carbonyl (C=O) groups is 1. The highest BCUT2D eigenvalue weighted by Gasteiger charge is 2.31. The summed E-state index contributed by atoms with van der Waals surface area (Å²) in [5.74, 6) is 1.01. The standard InChI is InChI=1S/C25H43NO12S/c1-15(29)39-14-16-3-2-4-17(9-16)38-8-7-26(11-21(33)24(36)25(37)23(35)13-28)6-5-18(30)19(31)10-20(32)22(34)12-27/h2-4,9,18-25,27-28,30-37H,5-8,10-14H2,1H3/t18-,19+,20+,21-,22-,23-,24-,25-/m1/s1. The molecule has 1 aromatic carbocycles. The predicted octanol–water partition coefficient (Wildman–Crippen LogP) is -3.20. The van der Waals surface area contributed by atoms with Crippen LogP contribution in [0.3, 0.4) is 0 Å². The van der Waals surface area contributed by atoms with Crippen LogP contribution in [0, 0.1) is 0 Å². The van der Waals surface area contributed by atoms with Crippen molar-refractivity contribution in [1.82, 2.24) is 4.90 Å². The Morgan fingerprint density at radius 1 is 0.846 bits per heavy atom. The lowest BCUT2D eigenvalue weighted by molar-refractivity contribution is -0.120. The van der Waals surface area contributed by atoms with Crippen molar-refractivity contribution in [3.05, 3.63) is 29.8 Å². The van der Waals surface area contributed by atoms with Crippen LogP contribution in [0.4, 0.5) is 0 Å². The topological polar surface area (TPSA) is 232 Å². The van der Waals surface area contributed by atoms with Gasteiger partial charge in [0.05, 0.1) is 37.6 Å². The van der Waals surface area contributed by atoms with Crippen LogP contribution in [0.15, 0.2) is 24.3 Å². The zero-order valence-corrected chi connectivity index (χ0v) is 22.8. The molecule has 0 unspecified atom stereocenters. The third-order valence-electron chi connectivity index (χ3n) is 6.09. The highest BCUT2D eigenvalue weighted by molar-refractivity contribution is 8.12. The van der Waals surface area contributed by atoms with Crippen molar-refractivity contribution in [3.8, 4) is 5.75 Å². The smallest absolute Gasteiger partial charge is 0.186 e. The maximum Gasteiger partial charge on any atom is 0.186 e. The molecule has 0 saturated carbocycles. The molecule has 14 heteroatoms. The van der Waals surface area contributed by atoms with Gasteiger partial charge in [-0.1, -0.05) is 23.9 Å². The van der Waals surface area contributed by atoms with E-state index in [0.717, 1.165) is 17.3 Å². The Morgan fingerprint density at radius 2 is 1.46 bits per heavy atom. The number of carbonyl (C=O) groups excluding carboxylic acids is 1. The highest BCUT2D eigenvalue weighted by Crippen LogP contribution is 2.19. The molecule has 0 aliphatic heterocycles. The number of aliphatic hydroxyl groups is 10. The second kappa shape index (κ2) is 18.9. The Kier molecular flexibility index (Phi) is 17.2. The number of benzene rings is 1. The fraction of sp³-hybridized carbons (Fsp3) is 0.720. The van der Waals surface area contributed by atoms with Crippen molar-refractivity contribution in [1.29, 1.82) is 0 Å². The van der Waals surface area contributed by atoms with Crippen molar-refractivity contribution >= 4 is 16.9 Å². The highest BCUT2D eigenvalue weighted by atomic mass is 32.2. The van der Waals surface area contributed by atoms with Crippen LogP contribution in [0.5, 0.6) is 5.75 Å². The molecule has 0 aliphatic rings. The van der Waals surface area contributed by atoms with Crippen LogP contribution in [-0.2, 0) is 10.5 Å². The van der Waals surface area contributed by atoms with Crippen LogP contribution in [0.2, 0.25) is 0 Å². The van der Waals surface area contributed by atoms with E-state index < -0.39 is 68.5 Å². The fourth-order valence-electron chi connectivity index (χ4n) is 3.62. The van der Waals surface area contributed by atoms with Crippen molar-refractivity contribution in [2.75, 3.05) is 39.5 Å². The van der Waals surface area contributed by atoms with Crippen LogP contribution in [-0.4, -0.2) is 149 Å². The zero-order valence-electron chi connectivity index (χ0n) is 21.9. The normalized spacial score (nSPS) is 18.2. The average molecular weight is 582 g/mol. The zero-order chi connectivity index (χ0) is 29.5. The molecule has 1 rings (SSSR count). The molecule has 39 heavy (non-hydrogen) atoms. The summed E-state index contributed by atoms with van der Waals surface area (Å²) in [7, 11) is 0. The maximum absolute atomic E-state index is 11.2. The average Bonchev–Trinajstić information content (AvgIpc) is 2.92. The van der Waals surface area contributed by atoms with Gasteiger partial charge in [0.25, 0.3) is 0 Å². The van der Waals surface area contributed by atoms with E-state index >= 15 is 0 Å². The summed E-state index contributed by atoms with van der Waals surface area (Å²) < 4.78 is 5.78. The summed E-state index contributed by atoms with van der Waals surface area (Å²) in [6.07, 6.45) is -13.0. The van der Waals surface area contributed by atoms with Crippen LogP contribution in [0.1, 0.15) is 25.3 Å². The third kappa shape index (κ3) is 13.7. The lowest BCUT2D eigenvalue weighted by Crippen LogP contribution is -2.50. The first-order chi connectivity index (χ1) is 18.4. The van der Waals surface area contributed by atoms with Gasteiger partial charge in [-0.25, -0.2) is 0 Å². The Bertz CT molecular complexity index is 821. The predicted molar refractivity (Wildman–Crippen MR) is 142 cm³/mol. The Hall–Kier alpha value is -1.40. The minimum atomic E-state index is -1.81. The number of rotatable bonds is 20. The molecule has 0 radical (unpaired) electrons. The van der Waals surface area contributed by atoms with Crippen molar-refractivity contribution in [2.45, 2.75) is 74.3 Å². The number of hydrogen-bond donors (Lipinski definition) is 10. The number of nitrogens with zero attached hydrogens (tertiary/aromatic N) is 1. The van der Waals surface area contributed by atoms with E-state index in [1.165, 1.54) is 6.92 Å². The molecule has 226 valence electrons. The van der Waals surface area contributed by atoms with E-state index in [-0.39, 0.29) is 37.8 Å². The second-order valence-electron chi connectivity index (χ2n) is 9.35. The first kappa shape index (κ1) is 35.6. The molecule has 1 aromatic rings. The molecule has 0 heterocycles. The van der Waals surface area contributed by atoms with E-state index in [1.54, 1.807) is 23.1 Å². The molecule has 0 amide bonds. The van der Waals surface area contributed by atoms with Gasteiger partial charge < -0.3 is 55.8 Å². The lowest BCUT2D eigenvalue weighted by Gasteiger charge is -2.31. The summed E-state index contributed by atoms with van der Waals surface area (Å²) in [6, 6.07) is 7.13. The largest absolute Gasteiger partial charge is 0.492 e. The van der Waals surface area contributed by atoms with Crippen LogP contribution >= 0.6 is 11.8 Å². The van der Waals surface area contributed by atoms with Gasteiger partial charge in [0.2, 0.25) is 0 Å². The number of ether oxygens (including phenoxy) is 1. The maximum atomic E-state index is 11.2. The SMILES string of the molecule is CC(=O)SCc1cccc(OCCN(CC[C@@H](O)[C@@H](O)C[C@H](O)[C@H](O)CO)C[C@@H](O)[C@@H](O)[C@H](O)[C@H](O)CO)c1. The summed E-state index contributed by atoms with van der Waals surface area (Å²) >= 11 is 1.16. The summed E-state index contributed by atoms with van der Waals surface area (Å²) in [6.45, 7) is 0.0465. The monoisotopic (exact) mass is 581 g/mol. The van der Waals surface area contributed by atoms with Gasteiger partial charge in [0.15, 0.2) is 5.12 Å². The molecule has 13 nitrogen and oxygen atoms in total. The first-order valence-corrected chi connectivity index (χ1v) is 13.6. The minimum absolute atomic E-state index is 0.0132. The van der Waals surface area contributed by atoms with E-state index in [4.69, 9.17) is 14.9 Å². The van der Waals surface area contributed by atoms with Gasteiger partial charge in [-0.3, -0.25) is 9.69 Å². The Balaban J connectivity index is 2.80. The molecule has 10 N–H and O–H groups in total. The van der Waals surface area contributed by atoms with Crippen molar-refractivity contribution < 1.29 is 60.6 Å². The molecule has 0 aromatic heterocycles. The Labute approximate surface area is 231 Å². The molecule has 0 saturated heterocycles. The number of thioether (sulfide) groups is 1. The Morgan fingerprint density at radius 3 is 2.08 bits per heavy atom. The molecule has 8 atom stereocenters. The second-order valence-corrected chi connectivity index (χ2v) is 10.5. The van der Waals surface area contributed by atoms with Crippen LogP contribution < -0.4 is 4.74 Å². The minimum Gasteiger partial charge on any atom is -0.492 e. The summed E-state index contributed by atoms with van der Waals surface area (Å²) in [5.41, 5.74) is 0.880. The number of aliphatic hydroxyl groups excluding tert-OH is 10. The first-order valence-electron chi connectivity index (χ1n) is 12.6. The van der Waals surface area contributed by atoms with Gasteiger partial charge >= 0.3 is 0 Å². The van der Waals surface area contributed by atoms with Gasteiger partial charge in [0, 0.05) is 38.7 Å². The van der Waals surface area contributed by atoms with Crippen molar-refractivity contribution in [3.63, 3.8) is 0 Å². The van der Waals surface area contributed by atoms with Gasteiger partial charge in [0.1, 0.15) is 36.8 Å². The summed E-state index contributed by atoms with van der Waals surface area (Å²) in [4.78, 5) is 12.8. The third-order valence-corrected chi connectivity index (χ3v) is 6.97. The molecule has 0 spiro atoms. The molecule has 0 aliphatic carbocycles. The summed E-state index contributed by atoms with van der Waals surface area (Å²) in [5, 5.41) is 97.7. The quantitative estimate of drug-likeness (QED) is 0.0731. The van der Waals surface area contributed by atoms with E-state index in [1.807, 2.05) is 6.07 Å². The fourth-order valence-corrected chi connectivity index (χ4v) is 4.17. The lowest BCUT2D eigenvalue weighted by atomic mass is 10.0. The van der Waals surface area contributed by atoms with E-state index in [2.05, 4.69) is 0 Å². The van der Waals surface area contributed by atoms with Gasteiger partial charge in [-0.15, -0.1) is 0 Å². The van der Waals surface area contributed by atoms with E-state index in [0.29, 0.717) is 11.5 Å².